The number of aromatic amines is 1. The Morgan fingerprint density at radius 3 is 2.78 bits per heavy atom. The molecule has 158 valence electrons. The fraction of sp³-hybridized carbons (Fsp3) is 0.0952. The molecule has 0 aliphatic rings. The van der Waals surface area contributed by atoms with Gasteiger partial charge in [-0.1, -0.05) is 24.3 Å². The van der Waals surface area contributed by atoms with Crippen LogP contribution in [0.15, 0.2) is 63.6 Å². The molecule has 0 bridgehead atoms. The quantitative estimate of drug-likeness (QED) is 0.314. The Morgan fingerprint density at radius 1 is 1.25 bits per heavy atom. The standard InChI is InChI=1S/C21H15N7O3S/c1-11-13(10-22)21(32-28-11)27-26-17(20(31)24-15-8-4-5-9-16(15)29)18-23-14-7-3-2-6-12(14)19(30)25-18/h2-9,17,29H,1H3,(H,24,31)(H,23,25,30). The van der Waals surface area contributed by atoms with Gasteiger partial charge in [0, 0.05) is 0 Å². The van der Waals surface area contributed by atoms with Gasteiger partial charge in [0.05, 0.1) is 22.3 Å². The van der Waals surface area contributed by atoms with E-state index in [0.717, 1.165) is 11.5 Å². The van der Waals surface area contributed by atoms with E-state index in [-0.39, 0.29) is 27.8 Å². The third kappa shape index (κ3) is 4.07. The second-order valence-electron chi connectivity index (χ2n) is 6.65. The lowest BCUT2D eigenvalue weighted by Gasteiger charge is -2.13. The summed E-state index contributed by atoms with van der Waals surface area (Å²) in [5.41, 5.74) is 0.852. The number of nitriles is 1. The molecular weight excluding hydrogens is 430 g/mol. The van der Waals surface area contributed by atoms with Gasteiger partial charge in [-0.25, -0.2) is 4.98 Å². The van der Waals surface area contributed by atoms with E-state index in [9.17, 15) is 20.0 Å². The van der Waals surface area contributed by atoms with Gasteiger partial charge in [0.1, 0.15) is 23.2 Å². The van der Waals surface area contributed by atoms with Crippen LogP contribution in [0.2, 0.25) is 0 Å². The molecule has 0 aliphatic carbocycles. The van der Waals surface area contributed by atoms with Crippen LogP contribution in [-0.4, -0.2) is 25.4 Å². The molecule has 2 aromatic heterocycles. The van der Waals surface area contributed by atoms with Crippen LogP contribution < -0.4 is 10.9 Å². The van der Waals surface area contributed by atoms with Gasteiger partial charge in [0.2, 0.25) is 6.04 Å². The first-order valence-electron chi connectivity index (χ1n) is 9.33. The smallest absolute Gasteiger partial charge is 0.259 e. The summed E-state index contributed by atoms with van der Waals surface area (Å²) in [5.74, 6) is -0.861. The second kappa shape index (κ2) is 8.75. The predicted molar refractivity (Wildman–Crippen MR) is 118 cm³/mol. The monoisotopic (exact) mass is 445 g/mol. The summed E-state index contributed by atoms with van der Waals surface area (Å²) in [7, 11) is 0. The van der Waals surface area contributed by atoms with E-state index in [1.807, 2.05) is 6.07 Å². The zero-order valence-electron chi connectivity index (χ0n) is 16.6. The largest absolute Gasteiger partial charge is 0.506 e. The number of phenolic OH excluding ortho intramolecular Hbond substituents is 1. The Bertz CT molecular complexity index is 1450. The summed E-state index contributed by atoms with van der Waals surface area (Å²) in [5, 5.41) is 30.6. The molecule has 1 atom stereocenters. The maximum atomic E-state index is 13.1. The topological polar surface area (TPSA) is 156 Å². The molecule has 0 saturated carbocycles. The first-order chi connectivity index (χ1) is 15.5. The maximum Gasteiger partial charge on any atom is 0.259 e. The van der Waals surface area contributed by atoms with Gasteiger partial charge in [-0.05, 0) is 42.7 Å². The van der Waals surface area contributed by atoms with E-state index in [1.165, 1.54) is 12.1 Å². The molecule has 0 radical (unpaired) electrons. The van der Waals surface area contributed by atoms with Gasteiger partial charge in [-0.15, -0.1) is 5.11 Å². The number of aromatic nitrogens is 3. The highest BCUT2D eigenvalue weighted by Crippen LogP contribution is 2.30. The van der Waals surface area contributed by atoms with E-state index < -0.39 is 17.5 Å². The number of nitrogens with one attached hydrogen (secondary N) is 2. The molecule has 3 N–H and O–H groups in total. The molecule has 0 fully saturated rings. The summed E-state index contributed by atoms with van der Waals surface area (Å²) < 4.78 is 4.08. The number of hydrogen-bond acceptors (Lipinski definition) is 9. The molecule has 10 nitrogen and oxygen atoms in total. The number of amides is 1. The summed E-state index contributed by atoms with van der Waals surface area (Å²) in [6, 6.07) is 13.5. The number of hydrogen-bond donors (Lipinski definition) is 3. The van der Waals surface area contributed by atoms with Crippen molar-refractivity contribution in [1.82, 2.24) is 14.3 Å². The van der Waals surface area contributed by atoms with E-state index in [4.69, 9.17) is 0 Å². The third-order valence-corrected chi connectivity index (χ3v) is 5.34. The van der Waals surface area contributed by atoms with Crippen molar-refractivity contribution in [2.24, 2.45) is 10.2 Å². The lowest BCUT2D eigenvalue weighted by Crippen LogP contribution is -2.24. The average molecular weight is 445 g/mol. The highest BCUT2D eigenvalue weighted by atomic mass is 32.1. The van der Waals surface area contributed by atoms with Crippen LogP contribution in [-0.2, 0) is 4.79 Å². The summed E-state index contributed by atoms with van der Waals surface area (Å²) in [6.45, 7) is 1.67. The number of benzene rings is 2. The van der Waals surface area contributed by atoms with E-state index in [1.54, 1.807) is 43.3 Å². The van der Waals surface area contributed by atoms with Gasteiger partial charge < -0.3 is 15.4 Å². The van der Waals surface area contributed by atoms with Gasteiger partial charge in [0.15, 0.2) is 5.00 Å². The Hall–Kier alpha value is -4.43. The fourth-order valence-electron chi connectivity index (χ4n) is 2.91. The summed E-state index contributed by atoms with van der Waals surface area (Å²) in [4.78, 5) is 32.6. The van der Waals surface area contributed by atoms with Gasteiger partial charge in [-0.2, -0.15) is 14.7 Å². The Kier molecular flexibility index (Phi) is 5.69. The fourth-order valence-corrected chi connectivity index (χ4v) is 3.59. The Labute approximate surface area is 185 Å². The molecule has 2 heterocycles. The van der Waals surface area contributed by atoms with Crippen LogP contribution >= 0.6 is 11.5 Å². The SMILES string of the molecule is Cc1nsc(N=NC(C(=O)Nc2ccccc2O)c2nc3ccccc3c(=O)[nH]2)c1C#N. The first-order valence-corrected chi connectivity index (χ1v) is 10.1. The van der Waals surface area contributed by atoms with Crippen molar-refractivity contribution in [2.75, 3.05) is 5.32 Å². The maximum absolute atomic E-state index is 13.1. The second-order valence-corrected chi connectivity index (χ2v) is 7.40. The number of phenols is 1. The lowest BCUT2D eigenvalue weighted by molar-refractivity contribution is -0.117. The normalized spacial score (nSPS) is 12.0. The zero-order chi connectivity index (χ0) is 22.7. The van der Waals surface area contributed by atoms with Crippen LogP contribution in [0.3, 0.4) is 0 Å². The van der Waals surface area contributed by atoms with Gasteiger partial charge in [-0.3, -0.25) is 9.59 Å². The number of nitrogens with zero attached hydrogens (tertiary/aromatic N) is 5. The highest BCUT2D eigenvalue weighted by molar-refractivity contribution is 7.10. The van der Waals surface area contributed by atoms with Crippen molar-refractivity contribution in [3.8, 4) is 11.8 Å². The molecule has 32 heavy (non-hydrogen) atoms. The van der Waals surface area contributed by atoms with Crippen molar-refractivity contribution in [3.05, 3.63) is 76.0 Å². The van der Waals surface area contributed by atoms with Crippen LogP contribution in [0, 0.1) is 18.3 Å². The number of para-hydroxylation sites is 3. The molecule has 0 spiro atoms. The number of aromatic hydroxyl groups is 1. The number of anilines is 1. The van der Waals surface area contributed by atoms with Crippen molar-refractivity contribution in [1.29, 1.82) is 5.26 Å². The van der Waals surface area contributed by atoms with Crippen molar-refractivity contribution in [2.45, 2.75) is 13.0 Å². The first kappa shape index (κ1) is 20.8. The number of carbonyl (C=O) groups is 1. The minimum absolute atomic E-state index is 0.0369. The summed E-state index contributed by atoms with van der Waals surface area (Å²) >= 11 is 0.965. The zero-order valence-corrected chi connectivity index (χ0v) is 17.4. The van der Waals surface area contributed by atoms with Crippen molar-refractivity contribution < 1.29 is 9.90 Å². The van der Waals surface area contributed by atoms with E-state index >= 15 is 0 Å². The van der Waals surface area contributed by atoms with Gasteiger partial charge >= 0.3 is 0 Å². The van der Waals surface area contributed by atoms with E-state index in [2.05, 4.69) is 29.9 Å². The summed E-state index contributed by atoms with van der Waals surface area (Å²) in [6.07, 6.45) is 0. The molecule has 0 aliphatic heterocycles. The van der Waals surface area contributed by atoms with Crippen LogP contribution in [0.5, 0.6) is 5.75 Å². The molecule has 4 rings (SSSR count). The number of rotatable bonds is 5. The molecular formula is C21H15N7O3S. The van der Waals surface area contributed by atoms with E-state index in [0.29, 0.717) is 16.6 Å². The Morgan fingerprint density at radius 2 is 2.00 bits per heavy atom. The number of azo groups is 1. The predicted octanol–water partition coefficient (Wildman–Crippen LogP) is 3.73. The molecule has 11 heteroatoms. The number of H-pyrrole nitrogens is 1. The Balaban J connectivity index is 1.78. The number of fused-ring (bicyclic) bond motifs is 1. The van der Waals surface area contributed by atoms with Crippen molar-refractivity contribution in [3.63, 3.8) is 0 Å². The lowest BCUT2D eigenvalue weighted by atomic mass is 10.2. The number of carbonyl (C=O) groups excluding carboxylic acids is 1. The molecule has 1 unspecified atom stereocenters. The molecule has 2 aromatic carbocycles. The molecule has 1 amide bonds. The molecule has 4 aromatic rings. The highest BCUT2D eigenvalue weighted by Gasteiger charge is 2.25. The minimum atomic E-state index is -1.36. The molecule has 0 saturated heterocycles. The van der Waals surface area contributed by atoms with Crippen LogP contribution in [0.4, 0.5) is 10.7 Å². The van der Waals surface area contributed by atoms with Crippen LogP contribution in [0.1, 0.15) is 23.1 Å². The third-order valence-electron chi connectivity index (χ3n) is 4.52. The van der Waals surface area contributed by atoms with Crippen molar-refractivity contribution >= 4 is 39.0 Å². The van der Waals surface area contributed by atoms with Crippen LogP contribution in [0.25, 0.3) is 10.9 Å². The average Bonchev–Trinajstić information content (AvgIpc) is 3.15. The number of aryl methyl sites for hydroxylation is 1. The minimum Gasteiger partial charge on any atom is -0.506 e. The van der Waals surface area contributed by atoms with Gasteiger partial charge in [0.25, 0.3) is 11.5 Å².